The van der Waals surface area contributed by atoms with Gasteiger partial charge in [0.2, 0.25) is 0 Å². The number of aryl methyl sites for hydroxylation is 4. The second-order valence-corrected chi connectivity index (χ2v) is 26.1. The minimum absolute atomic E-state index is 0. The zero-order valence-corrected chi connectivity index (χ0v) is 52.9. The number of anilines is 4. The van der Waals surface area contributed by atoms with Crippen LogP contribution in [0.1, 0.15) is 44.5 Å². The van der Waals surface area contributed by atoms with Gasteiger partial charge < -0.3 is 33.1 Å². The molecule has 0 atom stereocenters. The zero-order chi connectivity index (χ0) is 61.0. The Morgan fingerprint density at radius 1 is 0.318 bits per heavy atom. The second kappa shape index (κ2) is 28.4. The molecule has 436 valence electrons. The van der Waals surface area contributed by atoms with Crippen LogP contribution in [0.4, 0.5) is 22.7 Å². The van der Waals surface area contributed by atoms with Gasteiger partial charge in [0.05, 0.1) is 42.3 Å². The molecule has 0 aliphatic carbocycles. The van der Waals surface area contributed by atoms with Crippen LogP contribution in [0.2, 0.25) is 0 Å². The monoisotopic (exact) mass is 1270 g/mol. The SMILES string of the molecule is Cc1ccc(S(=O)(=O)Nc2ccccc2C=C(N)C([O-])C(N)=Cc2ccccc2NS(=O)(=O)c2ccc(C)cc2)cc1.Cc1ccc(S(=O)(=O)Nc2ccccc2C=C(N)C([O-])C(N)=Cc2ccccc2NS(=O)(=O)c2ccc(C)cc2)cc1.[Zn+2]. The summed E-state index contributed by atoms with van der Waals surface area (Å²) in [5, 5.41) is 26.3. The van der Waals surface area contributed by atoms with Crippen molar-refractivity contribution in [3.05, 3.63) is 261 Å². The first-order chi connectivity index (χ1) is 39.7. The van der Waals surface area contributed by atoms with E-state index in [2.05, 4.69) is 18.9 Å². The largest absolute Gasteiger partial charge is 2.00 e. The third-order valence-corrected chi connectivity index (χ3v) is 18.2. The van der Waals surface area contributed by atoms with Gasteiger partial charge in [0.25, 0.3) is 40.1 Å². The molecule has 8 aromatic carbocycles. The van der Waals surface area contributed by atoms with E-state index in [0.717, 1.165) is 22.3 Å². The first-order valence-corrected chi connectivity index (χ1v) is 31.6. The van der Waals surface area contributed by atoms with Crippen molar-refractivity contribution in [3.63, 3.8) is 0 Å². The van der Waals surface area contributed by atoms with E-state index in [1.54, 1.807) is 146 Å². The molecule has 8 rings (SSSR count). The van der Waals surface area contributed by atoms with Gasteiger partial charge in [-0.3, -0.25) is 18.9 Å². The Morgan fingerprint density at radius 3 is 0.659 bits per heavy atom. The molecular weight excluding hydrogens is 1210 g/mol. The van der Waals surface area contributed by atoms with Crippen molar-refractivity contribution in [2.24, 2.45) is 22.9 Å². The molecule has 0 saturated carbocycles. The summed E-state index contributed by atoms with van der Waals surface area (Å²) in [6.07, 6.45) is 2.03. The summed E-state index contributed by atoms with van der Waals surface area (Å²) in [7, 11) is -15.6. The van der Waals surface area contributed by atoms with Gasteiger partial charge in [0, 0.05) is 45.0 Å². The molecule has 8 aromatic rings. The van der Waals surface area contributed by atoms with E-state index in [9.17, 15) is 43.9 Å². The Morgan fingerprint density at radius 2 is 0.482 bits per heavy atom. The first kappa shape index (κ1) is 65.6. The first-order valence-electron chi connectivity index (χ1n) is 25.7. The fraction of sp³-hybridized carbons (Fsp3) is 0.0968. The van der Waals surface area contributed by atoms with Crippen LogP contribution in [0.3, 0.4) is 0 Å². The Kier molecular flexibility index (Phi) is 21.9. The topological polar surface area (TPSA) is 335 Å². The average Bonchev–Trinajstić information content (AvgIpc) is 3.66. The van der Waals surface area contributed by atoms with Crippen LogP contribution >= 0.6 is 0 Å². The fourth-order valence-corrected chi connectivity index (χ4v) is 12.3. The molecule has 0 amide bonds. The van der Waals surface area contributed by atoms with E-state index < -0.39 is 52.3 Å². The van der Waals surface area contributed by atoms with E-state index >= 15 is 0 Å². The number of sulfonamides is 4. The molecule has 0 radical (unpaired) electrons. The molecule has 0 heterocycles. The Hall–Kier alpha value is -8.54. The summed E-state index contributed by atoms with van der Waals surface area (Å²) in [5.74, 6) is 0. The van der Waals surface area contributed by atoms with Gasteiger partial charge in [-0.2, -0.15) is 0 Å². The third kappa shape index (κ3) is 17.8. The van der Waals surface area contributed by atoms with Crippen molar-refractivity contribution >= 4 is 87.1 Å². The summed E-state index contributed by atoms with van der Waals surface area (Å²) in [5.41, 5.74) is 29.9. The average molecular weight is 1270 g/mol. The number of para-hydroxylation sites is 4. The molecule has 0 fully saturated rings. The van der Waals surface area contributed by atoms with Crippen LogP contribution in [0.25, 0.3) is 24.3 Å². The smallest absolute Gasteiger partial charge is 0.843 e. The molecule has 0 spiro atoms. The molecule has 12 N–H and O–H groups in total. The molecule has 0 aliphatic heterocycles. The van der Waals surface area contributed by atoms with E-state index in [0.29, 0.717) is 22.3 Å². The van der Waals surface area contributed by atoms with Crippen molar-refractivity contribution in [2.45, 2.75) is 59.5 Å². The summed E-state index contributed by atoms with van der Waals surface area (Å²) >= 11 is 0. The minimum Gasteiger partial charge on any atom is -0.843 e. The maximum atomic E-state index is 13.2. The van der Waals surface area contributed by atoms with E-state index in [4.69, 9.17) is 22.9 Å². The van der Waals surface area contributed by atoms with Gasteiger partial charge in [0.1, 0.15) is 0 Å². The number of nitrogens with two attached hydrogens (primary N) is 4. The Balaban J connectivity index is 0.000000269. The minimum atomic E-state index is -3.90. The van der Waals surface area contributed by atoms with Gasteiger partial charge in [-0.15, -0.1) is 0 Å². The summed E-state index contributed by atoms with van der Waals surface area (Å²) in [6.45, 7) is 7.42. The number of hydrogen-bond donors (Lipinski definition) is 8. The van der Waals surface area contributed by atoms with Gasteiger partial charge in [-0.25, -0.2) is 33.7 Å². The molecule has 18 nitrogen and oxygen atoms in total. The van der Waals surface area contributed by atoms with Gasteiger partial charge in [-0.1, -0.05) is 144 Å². The van der Waals surface area contributed by atoms with Crippen molar-refractivity contribution in [3.8, 4) is 0 Å². The fourth-order valence-electron chi connectivity index (χ4n) is 7.95. The predicted molar refractivity (Wildman–Crippen MR) is 330 cm³/mol. The van der Waals surface area contributed by atoms with E-state index in [1.165, 1.54) is 72.8 Å². The third-order valence-electron chi connectivity index (χ3n) is 12.6. The quantitative estimate of drug-likeness (QED) is 0.0337. The molecule has 0 unspecified atom stereocenters. The molecule has 23 heteroatoms. The molecule has 0 aliphatic rings. The van der Waals surface area contributed by atoms with Crippen molar-refractivity contribution in [1.82, 2.24) is 0 Å². The maximum absolute atomic E-state index is 13.2. The number of nitrogens with one attached hydrogen (secondary N) is 4. The van der Waals surface area contributed by atoms with E-state index in [-0.39, 0.29) is 84.6 Å². The van der Waals surface area contributed by atoms with Gasteiger partial charge in [0.15, 0.2) is 0 Å². The summed E-state index contributed by atoms with van der Waals surface area (Å²) in [4.78, 5) is 0.353. The van der Waals surface area contributed by atoms with Crippen molar-refractivity contribution in [2.75, 3.05) is 18.9 Å². The summed E-state index contributed by atoms with van der Waals surface area (Å²) < 4.78 is 114. The van der Waals surface area contributed by atoms with E-state index in [1.807, 2.05) is 27.7 Å². The molecule has 0 bridgehead atoms. The second-order valence-electron chi connectivity index (χ2n) is 19.4. The normalized spacial score (nSPS) is 13.2. The maximum Gasteiger partial charge on any atom is 2.00 e. The predicted octanol–water partition coefficient (Wildman–Crippen LogP) is 7.86. The zero-order valence-electron chi connectivity index (χ0n) is 46.7. The summed E-state index contributed by atoms with van der Waals surface area (Å²) in [6, 6.07) is 51.6. The van der Waals surface area contributed by atoms with Crippen LogP contribution in [0, 0.1) is 27.7 Å². The van der Waals surface area contributed by atoms with Crippen LogP contribution in [0.15, 0.2) is 236 Å². The standard InChI is InChI=1S/2C31H31N4O5S2.Zn/c2*1-21-11-15-25(16-12-21)41(37,38)34-29-9-5-3-7-23(29)19-27(32)31(36)28(33)20-24-8-4-6-10-30(24)35-42(39,40)26-17-13-22(2)14-18-26;/h2*3-20,31,34-35H,32-33H2,1-2H3;/q2*-1;+2. The number of benzene rings is 8. The van der Waals surface area contributed by atoms with Crippen LogP contribution in [0.5, 0.6) is 0 Å². The number of rotatable bonds is 20. The van der Waals surface area contributed by atoms with Crippen molar-refractivity contribution < 1.29 is 63.4 Å². The Labute approximate surface area is 509 Å². The van der Waals surface area contributed by atoms with Crippen LogP contribution in [-0.2, 0) is 59.6 Å². The molecule has 85 heavy (non-hydrogen) atoms. The van der Waals surface area contributed by atoms with Gasteiger partial charge >= 0.3 is 19.5 Å². The van der Waals surface area contributed by atoms with Crippen molar-refractivity contribution in [1.29, 1.82) is 0 Å². The molecule has 0 aromatic heterocycles. The van der Waals surface area contributed by atoms with Gasteiger partial charge in [-0.05, 0) is 137 Å². The molecular formula is C62H62N8O10S4Zn. The Bertz CT molecular complexity index is 3710. The van der Waals surface area contributed by atoms with Crippen LogP contribution < -0.4 is 52.0 Å². The van der Waals surface area contributed by atoms with Crippen LogP contribution in [-0.4, -0.2) is 45.9 Å². The number of hydrogen-bond acceptors (Lipinski definition) is 14. The molecule has 0 saturated heterocycles.